The third kappa shape index (κ3) is 10.6. The molecule has 0 saturated heterocycles. The van der Waals surface area contributed by atoms with Crippen molar-refractivity contribution in [2.45, 2.75) is 84.7 Å². The molecule has 0 aromatic carbocycles. The van der Waals surface area contributed by atoms with Crippen LogP contribution in [0.5, 0.6) is 0 Å². The van der Waals surface area contributed by atoms with Gasteiger partial charge in [0.1, 0.15) is 24.2 Å². The van der Waals surface area contributed by atoms with E-state index in [0.717, 1.165) is 0 Å². The van der Waals surface area contributed by atoms with Gasteiger partial charge in [0.25, 0.3) is 5.91 Å². The standard InChI is InChI=1S/C21H38N4O8/c1-9(2)7-12(22)17(28)20(31)25-16(11(5)6)19(30)24-15(10(3)4)18(29)23-13(21(32)33)8-14(26)27/h9-13,15-17,28H,7-8,22H2,1-6H3,(H,23,29)(H,24,30)(H,25,31)(H,26,27)(H,32,33)/t12-,13-,15+,16-,17+/m0/s1. The quantitative estimate of drug-likeness (QED) is 0.165. The molecular weight excluding hydrogens is 436 g/mol. The van der Waals surface area contributed by atoms with Gasteiger partial charge in [0.2, 0.25) is 11.8 Å². The van der Waals surface area contributed by atoms with E-state index in [1.54, 1.807) is 27.7 Å². The van der Waals surface area contributed by atoms with Crippen LogP contribution in [0.2, 0.25) is 0 Å². The zero-order chi connectivity index (χ0) is 26.0. The third-order valence-electron chi connectivity index (χ3n) is 4.90. The molecule has 190 valence electrons. The van der Waals surface area contributed by atoms with Crippen LogP contribution in [0.15, 0.2) is 0 Å². The number of carboxylic acids is 2. The van der Waals surface area contributed by atoms with Crippen molar-refractivity contribution in [3.05, 3.63) is 0 Å². The average molecular weight is 475 g/mol. The lowest BCUT2D eigenvalue weighted by Crippen LogP contribution is -2.60. The molecule has 33 heavy (non-hydrogen) atoms. The van der Waals surface area contributed by atoms with Gasteiger partial charge in [-0.2, -0.15) is 0 Å². The van der Waals surface area contributed by atoms with Crippen molar-refractivity contribution in [2.75, 3.05) is 0 Å². The first-order valence-corrected chi connectivity index (χ1v) is 10.9. The number of aliphatic hydroxyl groups is 1. The van der Waals surface area contributed by atoms with E-state index in [2.05, 4.69) is 16.0 Å². The second-order valence-corrected chi connectivity index (χ2v) is 9.20. The van der Waals surface area contributed by atoms with E-state index in [9.17, 15) is 29.1 Å². The van der Waals surface area contributed by atoms with Crippen LogP contribution < -0.4 is 21.7 Å². The molecule has 12 heteroatoms. The molecule has 0 aliphatic heterocycles. The third-order valence-corrected chi connectivity index (χ3v) is 4.90. The lowest BCUT2D eigenvalue weighted by atomic mass is 9.97. The number of rotatable bonds is 14. The number of aliphatic hydroxyl groups excluding tert-OH is 1. The Balaban J connectivity index is 5.41. The van der Waals surface area contributed by atoms with Crippen molar-refractivity contribution < 1.29 is 39.3 Å². The summed E-state index contributed by atoms with van der Waals surface area (Å²) in [7, 11) is 0. The molecule has 0 saturated carbocycles. The molecule has 0 aromatic heterocycles. The van der Waals surface area contributed by atoms with Crippen LogP contribution in [-0.4, -0.2) is 75.3 Å². The van der Waals surface area contributed by atoms with Crippen molar-refractivity contribution in [1.82, 2.24) is 16.0 Å². The zero-order valence-electron chi connectivity index (χ0n) is 20.0. The van der Waals surface area contributed by atoms with Crippen LogP contribution >= 0.6 is 0 Å². The van der Waals surface area contributed by atoms with Crippen molar-refractivity contribution in [3.63, 3.8) is 0 Å². The highest BCUT2D eigenvalue weighted by Gasteiger charge is 2.34. The number of amides is 3. The highest BCUT2D eigenvalue weighted by molar-refractivity contribution is 5.94. The summed E-state index contributed by atoms with van der Waals surface area (Å²) in [5.74, 6) is -6.12. The van der Waals surface area contributed by atoms with Crippen LogP contribution in [0.3, 0.4) is 0 Å². The normalized spacial score (nSPS) is 16.0. The molecule has 3 amide bonds. The maximum Gasteiger partial charge on any atom is 0.326 e. The minimum Gasteiger partial charge on any atom is -0.481 e. The van der Waals surface area contributed by atoms with E-state index in [-0.39, 0.29) is 5.92 Å². The first-order valence-electron chi connectivity index (χ1n) is 10.9. The number of carbonyl (C=O) groups excluding carboxylic acids is 3. The van der Waals surface area contributed by atoms with Crippen LogP contribution in [0, 0.1) is 17.8 Å². The Bertz CT molecular complexity index is 710. The summed E-state index contributed by atoms with van der Waals surface area (Å²) in [5, 5.41) is 35.2. The SMILES string of the molecule is CC(C)C[C@H](N)[C@@H](O)C(=O)N[C@H](C(=O)N[C@@H](C(=O)N[C@@H](CC(=O)O)C(=O)O)C(C)C)C(C)C. The summed E-state index contributed by atoms with van der Waals surface area (Å²) in [6.45, 7) is 10.3. The molecule has 0 spiro atoms. The van der Waals surface area contributed by atoms with Crippen LogP contribution in [0.1, 0.15) is 54.4 Å². The number of carboxylic acid groups (broad SMARTS) is 2. The van der Waals surface area contributed by atoms with Crippen LogP contribution in [0.4, 0.5) is 0 Å². The number of nitrogens with two attached hydrogens (primary N) is 1. The Labute approximate surface area is 193 Å². The number of hydrogen-bond donors (Lipinski definition) is 7. The summed E-state index contributed by atoms with van der Waals surface area (Å²) < 4.78 is 0. The molecule has 8 N–H and O–H groups in total. The maximum atomic E-state index is 12.9. The van der Waals surface area contributed by atoms with E-state index in [1.807, 2.05) is 13.8 Å². The van der Waals surface area contributed by atoms with Gasteiger partial charge in [-0.3, -0.25) is 19.2 Å². The highest BCUT2D eigenvalue weighted by atomic mass is 16.4. The van der Waals surface area contributed by atoms with Gasteiger partial charge in [0.15, 0.2) is 0 Å². The molecule has 0 aliphatic carbocycles. The summed E-state index contributed by atoms with van der Waals surface area (Å²) >= 11 is 0. The van der Waals surface area contributed by atoms with Gasteiger partial charge in [-0.1, -0.05) is 41.5 Å². The zero-order valence-corrected chi connectivity index (χ0v) is 20.0. The summed E-state index contributed by atoms with van der Waals surface area (Å²) in [6.07, 6.45) is -1.97. The lowest BCUT2D eigenvalue weighted by Gasteiger charge is -2.29. The Morgan fingerprint density at radius 1 is 0.758 bits per heavy atom. The number of hydrogen-bond acceptors (Lipinski definition) is 7. The van der Waals surface area contributed by atoms with Crippen molar-refractivity contribution in [1.29, 1.82) is 0 Å². The molecule has 0 rings (SSSR count). The Hall–Kier alpha value is -2.73. The Morgan fingerprint density at radius 2 is 1.18 bits per heavy atom. The molecular formula is C21H38N4O8. The number of aliphatic carboxylic acids is 2. The van der Waals surface area contributed by atoms with Gasteiger partial charge in [-0.25, -0.2) is 4.79 Å². The van der Waals surface area contributed by atoms with Gasteiger partial charge in [-0.15, -0.1) is 0 Å². The molecule has 5 atom stereocenters. The molecule has 0 bridgehead atoms. The van der Waals surface area contributed by atoms with Gasteiger partial charge >= 0.3 is 11.9 Å². The fourth-order valence-electron chi connectivity index (χ4n) is 3.06. The average Bonchev–Trinajstić information content (AvgIpc) is 2.66. The first-order chi connectivity index (χ1) is 15.1. The summed E-state index contributed by atoms with van der Waals surface area (Å²) in [5.41, 5.74) is 5.86. The predicted octanol–water partition coefficient (Wildman–Crippen LogP) is -0.954. The summed E-state index contributed by atoms with van der Waals surface area (Å²) in [4.78, 5) is 60.0. The van der Waals surface area contributed by atoms with Gasteiger partial charge in [-0.05, 0) is 24.2 Å². The lowest BCUT2D eigenvalue weighted by molar-refractivity contribution is -0.147. The smallest absolute Gasteiger partial charge is 0.326 e. The monoisotopic (exact) mass is 474 g/mol. The first kappa shape index (κ1) is 30.3. The van der Waals surface area contributed by atoms with Crippen molar-refractivity contribution >= 4 is 29.7 Å². The molecule has 0 aromatic rings. The topological polar surface area (TPSA) is 208 Å². The summed E-state index contributed by atoms with van der Waals surface area (Å²) in [6, 6.07) is -4.80. The Morgan fingerprint density at radius 3 is 1.55 bits per heavy atom. The van der Waals surface area contributed by atoms with Gasteiger partial charge in [0, 0.05) is 6.04 Å². The molecule has 0 radical (unpaired) electrons. The number of nitrogens with one attached hydrogen (secondary N) is 3. The minimum atomic E-state index is -1.67. The molecule has 0 unspecified atom stereocenters. The minimum absolute atomic E-state index is 0.146. The van der Waals surface area contributed by atoms with E-state index in [0.29, 0.717) is 6.42 Å². The fourth-order valence-corrected chi connectivity index (χ4v) is 3.06. The van der Waals surface area contributed by atoms with Crippen molar-refractivity contribution in [3.8, 4) is 0 Å². The molecule has 0 aliphatic rings. The molecule has 0 fully saturated rings. The highest BCUT2D eigenvalue weighted by Crippen LogP contribution is 2.10. The Kier molecular flexibility index (Phi) is 12.6. The second kappa shape index (κ2) is 13.7. The van der Waals surface area contributed by atoms with Gasteiger partial charge < -0.3 is 37.0 Å². The molecule has 12 nitrogen and oxygen atoms in total. The molecule has 0 heterocycles. The number of carbonyl (C=O) groups is 5. The van der Waals surface area contributed by atoms with Crippen molar-refractivity contribution in [2.24, 2.45) is 23.5 Å². The van der Waals surface area contributed by atoms with E-state index >= 15 is 0 Å². The van der Waals surface area contributed by atoms with Crippen LogP contribution in [-0.2, 0) is 24.0 Å². The predicted molar refractivity (Wildman–Crippen MR) is 119 cm³/mol. The van der Waals surface area contributed by atoms with E-state index in [4.69, 9.17) is 15.9 Å². The van der Waals surface area contributed by atoms with E-state index < -0.39 is 78.2 Å². The van der Waals surface area contributed by atoms with Gasteiger partial charge in [0.05, 0.1) is 6.42 Å². The fraction of sp³-hybridized carbons (Fsp3) is 0.762. The maximum absolute atomic E-state index is 12.9. The van der Waals surface area contributed by atoms with Crippen LogP contribution in [0.25, 0.3) is 0 Å². The van der Waals surface area contributed by atoms with E-state index in [1.165, 1.54) is 0 Å². The second-order valence-electron chi connectivity index (χ2n) is 9.20. The largest absolute Gasteiger partial charge is 0.481 e.